The van der Waals surface area contributed by atoms with Crippen molar-refractivity contribution in [3.63, 3.8) is 0 Å². The number of nitrogens with one attached hydrogen (secondary N) is 1. The van der Waals surface area contributed by atoms with Crippen molar-refractivity contribution in [2.75, 3.05) is 13.6 Å². The molecule has 0 aromatic heterocycles. The quantitative estimate of drug-likeness (QED) is 0.692. The van der Waals surface area contributed by atoms with Crippen LogP contribution in [0.25, 0.3) is 0 Å². The van der Waals surface area contributed by atoms with Crippen LogP contribution in [0.3, 0.4) is 0 Å². The molecule has 5 heteroatoms. The molecule has 5 nitrogen and oxygen atoms in total. The van der Waals surface area contributed by atoms with Crippen LogP contribution in [-0.4, -0.2) is 41.1 Å². The summed E-state index contributed by atoms with van der Waals surface area (Å²) in [5.41, 5.74) is -1.10. The van der Waals surface area contributed by atoms with E-state index in [0.717, 1.165) is 12.8 Å². The number of aliphatic carboxylic acids is 1. The summed E-state index contributed by atoms with van der Waals surface area (Å²) in [5, 5.41) is 11.7. The molecule has 1 aliphatic carbocycles. The Morgan fingerprint density at radius 1 is 1.50 bits per heavy atom. The molecule has 16 heavy (non-hydrogen) atoms. The van der Waals surface area contributed by atoms with Gasteiger partial charge in [-0.3, -0.25) is 0 Å². The largest absolute Gasteiger partial charge is 0.480 e. The summed E-state index contributed by atoms with van der Waals surface area (Å²) >= 11 is 0. The SMILES string of the molecule is C#CCN(C)C(=O)NC1(C(=O)O)CCCC1. The summed E-state index contributed by atoms with van der Waals surface area (Å²) in [6, 6.07) is -0.428. The third-order valence-corrected chi connectivity index (χ3v) is 2.89. The predicted octanol–water partition coefficient (Wildman–Crippen LogP) is 0.658. The van der Waals surface area contributed by atoms with Crippen LogP contribution in [0, 0.1) is 12.3 Å². The molecule has 2 amide bonds. The summed E-state index contributed by atoms with van der Waals surface area (Å²) in [4.78, 5) is 24.1. The van der Waals surface area contributed by atoms with Crippen molar-refractivity contribution in [1.29, 1.82) is 0 Å². The number of carbonyl (C=O) groups is 2. The van der Waals surface area contributed by atoms with E-state index < -0.39 is 17.5 Å². The van der Waals surface area contributed by atoms with E-state index in [1.807, 2.05) is 0 Å². The summed E-state index contributed by atoms with van der Waals surface area (Å²) in [7, 11) is 1.54. The van der Waals surface area contributed by atoms with Gasteiger partial charge in [0, 0.05) is 7.05 Å². The zero-order valence-corrected chi connectivity index (χ0v) is 9.32. The van der Waals surface area contributed by atoms with Gasteiger partial charge < -0.3 is 15.3 Å². The van der Waals surface area contributed by atoms with Gasteiger partial charge in [-0.2, -0.15) is 0 Å². The molecular formula is C11H16N2O3. The Morgan fingerprint density at radius 3 is 2.50 bits per heavy atom. The Kier molecular flexibility index (Phi) is 3.78. The van der Waals surface area contributed by atoms with E-state index in [0.29, 0.717) is 12.8 Å². The lowest BCUT2D eigenvalue weighted by molar-refractivity contribution is -0.144. The van der Waals surface area contributed by atoms with E-state index in [1.165, 1.54) is 4.90 Å². The summed E-state index contributed by atoms with van der Waals surface area (Å²) in [5.74, 6) is 1.37. The summed E-state index contributed by atoms with van der Waals surface area (Å²) < 4.78 is 0. The molecule has 0 bridgehead atoms. The minimum absolute atomic E-state index is 0.168. The molecule has 1 aliphatic rings. The van der Waals surface area contributed by atoms with Gasteiger partial charge in [-0.05, 0) is 12.8 Å². The molecular weight excluding hydrogens is 208 g/mol. The van der Waals surface area contributed by atoms with Crippen molar-refractivity contribution >= 4 is 12.0 Å². The number of carboxylic acid groups (broad SMARTS) is 1. The number of amides is 2. The minimum atomic E-state index is -1.10. The minimum Gasteiger partial charge on any atom is -0.480 e. The molecule has 1 fully saturated rings. The number of carbonyl (C=O) groups excluding carboxylic acids is 1. The van der Waals surface area contributed by atoms with Crippen molar-refractivity contribution < 1.29 is 14.7 Å². The van der Waals surface area contributed by atoms with Crippen molar-refractivity contribution in [3.8, 4) is 12.3 Å². The van der Waals surface area contributed by atoms with E-state index in [9.17, 15) is 9.59 Å². The maximum Gasteiger partial charge on any atom is 0.329 e. The van der Waals surface area contributed by atoms with Gasteiger partial charge in [-0.15, -0.1) is 6.42 Å². The molecule has 0 atom stereocenters. The molecule has 0 radical (unpaired) electrons. The molecule has 0 spiro atoms. The van der Waals surface area contributed by atoms with Crippen LogP contribution in [0.5, 0.6) is 0 Å². The van der Waals surface area contributed by atoms with Gasteiger partial charge in [0.25, 0.3) is 0 Å². The van der Waals surface area contributed by atoms with Gasteiger partial charge in [0.05, 0.1) is 6.54 Å². The predicted molar refractivity (Wildman–Crippen MR) is 58.8 cm³/mol. The molecule has 0 unspecified atom stereocenters. The standard InChI is InChI=1S/C11H16N2O3/c1-3-8-13(2)10(16)12-11(9(14)15)6-4-5-7-11/h1H,4-8H2,2H3,(H,12,16)(H,14,15). The third kappa shape index (κ3) is 2.45. The van der Waals surface area contributed by atoms with Crippen molar-refractivity contribution in [2.24, 2.45) is 0 Å². The highest BCUT2D eigenvalue weighted by atomic mass is 16.4. The topological polar surface area (TPSA) is 69.6 Å². The van der Waals surface area contributed by atoms with Gasteiger partial charge in [0.1, 0.15) is 5.54 Å². The highest BCUT2D eigenvalue weighted by molar-refractivity contribution is 5.86. The van der Waals surface area contributed by atoms with Crippen LogP contribution in [0.1, 0.15) is 25.7 Å². The van der Waals surface area contributed by atoms with Crippen LogP contribution < -0.4 is 5.32 Å². The van der Waals surface area contributed by atoms with Gasteiger partial charge in [-0.25, -0.2) is 9.59 Å². The van der Waals surface area contributed by atoms with Crippen LogP contribution in [0.4, 0.5) is 4.79 Å². The van der Waals surface area contributed by atoms with Gasteiger partial charge in [0.15, 0.2) is 0 Å². The number of nitrogens with zero attached hydrogens (tertiary/aromatic N) is 1. The van der Waals surface area contributed by atoms with Gasteiger partial charge in [0.2, 0.25) is 0 Å². The fourth-order valence-corrected chi connectivity index (χ4v) is 1.88. The first-order valence-corrected chi connectivity index (χ1v) is 5.22. The molecule has 0 aromatic rings. The van der Waals surface area contributed by atoms with E-state index >= 15 is 0 Å². The van der Waals surface area contributed by atoms with Crippen LogP contribution in [-0.2, 0) is 4.79 Å². The molecule has 1 saturated carbocycles. The molecule has 2 N–H and O–H groups in total. The Hall–Kier alpha value is -1.70. The number of hydrogen-bond acceptors (Lipinski definition) is 2. The third-order valence-electron chi connectivity index (χ3n) is 2.89. The Bertz CT molecular complexity index is 327. The number of urea groups is 1. The first-order chi connectivity index (χ1) is 7.52. The highest BCUT2D eigenvalue weighted by Gasteiger charge is 2.43. The second-order valence-corrected chi connectivity index (χ2v) is 4.08. The highest BCUT2D eigenvalue weighted by Crippen LogP contribution is 2.29. The van der Waals surface area contributed by atoms with Crippen molar-refractivity contribution in [1.82, 2.24) is 10.2 Å². The Balaban J connectivity index is 2.67. The zero-order valence-electron chi connectivity index (χ0n) is 9.32. The normalized spacial score (nSPS) is 17.5. The monoisotopic (exact) mass is 224 g/mol. The molecule has 88 valence electrons. The van der Waals surface area contributed by atoms with E-state index in [1.54, 1.807) is 7.05 Å². The Labute approximate surface area is 94.8 Å². The fraction of sp³-hybridized carbons (Fsp3) is 0.636. The fourth-order valence-electron chi connectivity index (χ4n) is 1.88. The second-order valence-electron chi connectivity index (χ2n) is 4.08. The lowest BCUT2D eigenvalue weighted by atomic mass is 9.98. The van der Waals surface area contributed by atoms with Gasteiger partial charge >= 0.3 is 12.0 Å². The van der Waals surface area contributed by atoms with E-state index in [4.69, 9.17) is 11.5 Å². The molecule has 1 rings (SSSR count). The average Bonchev–Trinajstić information content (AvgIpc) is 2.68. The summed E-state index contributed by atoms with van der Waals surface area (Å²) in [6.07, 6.45) is 7.70. The van der Waals surface area contributed by atoms with Crippen LogP contribution in [0.2, 0.25) is 0 Å². The summed E-state index contributed by atoms with van der Waals surface area (Å²) in [6.45, 7) is 0.168. The molecule has 0 aliphatic heterocycles. The van der Waals surface area contributed by atoms with Crippen LogP contribution >= 0.6 is 0 Å². The van der Waals surface area contributed by atoms with E-state index in [2.05, 4.69) is 11.2 Å². The number of terminal acetylenes is 1. The number of rotatable bonds is 3. The maximum atomic E-state index is 11.7. The molecule has 0 heterocycles. The second kappa shape index (κ2) is 4.88. The Morgan fingerprint density at radius 2 is 2.06 bits per heavy atom. The van der Waals surface area contributed by atoms with Crippen molar-refractivity contribution in [2.45, 2.75) is 31.2 Å². The first-order valence-electron chi connectivity index (χ1n) is 5.22. The number of carboxylic acids is 1. The van der Waals surface area contributed by atoms with Crippen molar-refractivity contribution in [3.05, 3.63) is 0 Å². The zero-order chi connectivity index (χ0) is 12.2. The van der Waals surface area contributed by atoms with E-state index in [-0.39, 0.29) is 6.54 Å². The lowest BCUT2D eigenvalue weighted by Crippen LogP contribution is -2.55. The molecule has 0 aromatic carbocycles. The first kappa shape index (κ1) is 12.4. The lowest BCUT2D eigenvalue weighted by Gasteiger charge is -2.27. The smallest absolute Gasteiger partial charge is 0.329 e. The van der Waals surface area contributed by atoms with Gasteiger partial charge in [-0.1, -0.05) is 18.8 Å². The number of hydrogen-bond donors (Lipinski definition) is 2. The maximum absolute atomic E-state index is 11.7. The average molecular weight is 224 g/mol. The molecule has 0 saturated heterocycles. The van der Waals surface area contributed by atoms with Crippen LogP contribution in [0.15, 0.2) is 0 Å².